The van der Waals surface area contributed by atoms with Crippen molar-refractivity contribution in [3.05, 3.63) is 81.4 Å². The molecule has 1 atom stereocenters. The molecule has 1 aromatic heterocycles. The first kappa shape index (κ1) is 17.3. The van der Waals surface area contributed by atoms with Crippen molar-refractivity contribution in [2.45, 2.75) is 19.5 Å². The summed E-state index contributed by atoms with van der Waals surface area (Å²) >= 11 is 0. The topological polar surface area (TPSA) is 114 Å². The summed E-state index contributed by atoms with van der Waals surface area (Å²) in [5.74, 6) is -1.69. The van der Waals surface area contributed by atoms with Crippen LogP contribution in [-0.2, 0) is 16.1 Å². The molecular weight excluding hydrogens is 338 g/mol. The van der Waals surface area contributed by atoms with E-state index in [1.54, 1.807) is 24.5 Å². The first-order chi connectivity index (χ1) is 12.4. The summed E-state index contributed by atoms with van der Waals surface area (Å²) in [6, 6.07) is 8.24. The van der Waals surface area contributed by atoms with E-state index in [-0.39, 0.29) is 17.8 Å². The van der Waals surface area contributed by atoms with Gasteiger partial charge in [0.15, 0.2) is 11.5 Å². The molecule has 8 heteroatoms. The van der Waals surface area contributed by atoms with Crippen molar-refractivity contribution < 1.29 is 19.6 Å². The number of aliphatic hydroxyl groups is 1. The molecule has 0 saturated carbocycles. The third-order valence-corrected chi connectivity index (χ3v) is 4.18. The fraction of sp³-hybridized carbons (Fsp3) is 0.167. The number of hydrogen-bond acceptors (Lipinski definition) is 6. The molecule has 0 fully saturated rings. The summed E-state index contributed by atoms with van der Waals surface area (Å²) < 4.78 is 0. The minimum Gasteiger partial charge on any atom is -0.503 e. The van der Waals surface area contributed by atoms with Gasteiger partial charge in [0.1, 0.15) is 0 Å². The highest BCUT2D eigenvalue weighted by Gasteiger charge is 2.42. The van der Waals surface area contributed by atoms with Gasteiger partial charge >= 0.3 is 0 Å². The number of ketones is 1. The lowest BCUT2D eigenvalue weighted by Crippen LogP contribution is -2.30. The van der Waals surface area contributed by atoms with E-state index in [1.165, 1.54) is 36.1 Å². The maximum Gasteiger partial charge on any atom is 0.290 e. The van der Waals surface area contributed by atoms with E-state index in [1.807, 2.05) is 0 Å². The van der Waals surface area contributed by atoms with E-state index >= 15 is 0 Å². The first-order valence-electron chi connectivity index (χ1n) is 7.78. The van der Waals surface area contributed by atoms with Gasteiger partial charge in [0.25, 0.3) is 11.6 Å². The molecule has 0 radical (unpaired) electrons. The number of non-ortho nitro benzene ring substituents is 1. The molecule has 8 nitrogen and oxygen atoms in total. The van der Waals surface area contributed by atoms with Crippen molar-refractivity contribution in [3.63, 3.8) is 0 Å². The maximum atomic E-state index is 12.5. The van der Waals surface area contributed by atoms with E-state index in [2.05, 4.69) is 4.98 Å². The van der Waals surface area contributed by atoms with Crippen LogP contribution >= 0.6 is 0 Å². The standard InChI is InChI=1S/C18H15N3O5/c1-11(22)15-16(13-4-6-14(7-5-13)21(25)26)20(18(24)17(15)23)10-12-3-2-8-19-9-12/h2-9,16,23H,10H2,1H3/t16-/m0/s1. The van der Waals surface area contributed by atoms with Gasteiger partial charge in [0.2, 0.25) is 0 Å². The fourth-order valence-electron chi connectivity index (χ4n) is 2.99. The van der Waals surface area contributed by atoms with E-state index in [4.69, 9.17) is 0 Å². The molecule has 2 heterocycles. The number of carbonyl (C=O) groups is 2. The third kappa shape index (κ3) is 3.04. The van der Waals surface area contributed by atoms with Crippen LogP contribution in [0.15, 0.2) is 60.1 Å². The summed E-state index contributed by atoms with van der Waals surface area (Å²) in [4.78, 5) is 40.2. The Morgan fingerprint density at radius 3 is 2.54 bits per heavy atom. The number of hydrogen-bond donors (Lipinski definition) is 1. The lowest BCUT2D eigenvalue weighted by Gasteiger charge is -2.26. The van der Waals surface area contributed by atoms with E-state index in [0.29, 0.717) is 5.56 Å². The number of aromatic nitrogens is 1. The van der Waals surface area contributed by atoms with Crippen molar-refractivity contribution in [1.82, 2.24) is 9.88 Å². The molecule has 0 bridgehead atoms. The molecule has 26 heavy (non-hydrogen) atoms. The number of nitro groups is 1. The van der Waals surface area contributed by atoms with Crippen LogP contribution in [0, 0.1) is 10.1 Å². The van der Waals surface area contributed by atoms with Crippen molar-refractivity contribution in [2.75, 3.05) is 0 Å². The van der Waals surface area contributed by atoms with Gasteiger partial charge in [-0.15, -0.1) is 0 Å². The molecule has 132 valence electrons. The Morgan fingerprint density at radius 1 is 1.31 bits per heavy atom. The number of amides is 1. The number of pyridine rings is 1. The molecule has 0 unspecified atom stereocenters. The summed E-state index contributed by atoms with van der Waals surface area (Å²) in [5.41, 5.74) is 1.11. The monoisotopic (exact) mass is 353 g/mol. The Bertz CT molecular complexity index is 906. The van der Waals surface area contributed by atoms with Crippen molar-refractivity contribution in [2.24, 2.45) is 0 Å². The van der Waals surface area contributed by atoms with Gasteiger partial charge in [-0.1, -0.05) is 6.07 Å². The summed E-state index contributed by atoms with van der Waals surface area (Å²) in [5, 5.41) is 21.0. The Balaban J connectivity index is 2.04. The van der Waals surface area contributed by atoms with Crippen molar-refractivity contribution >= 4 is 17.4 Å². The number of carbonyl (C=O) groups excluding carboxylic acids is 2. The van der Waals surface area contributed by atoms with Crippen LogP contribution in [0.4, 0.5) is 5.69 Å². The smallest absolute Gasteiger partial charge is 0.290 e. The second kappa shape index (κ2) is 6.75. The highest BCUT2D eigenvalue weighted by atomic mass is 16.6. The van der Waals surface area contributed by atoms with Gasteiger partial charge in [-0.25, -0.2) is 0 Å². The van der Waals surface area contributed by atoms with Crippen LogP contribution in [0.25, 0.3) is 0 Å². The molecule has 1 aliphatic rings. The molecule has 1 amide bonds. The Morgan fingerprint density at radius 2 is 2.00 bits per heavy atom. The predicted molar refractivity (Wildman–Crippen MR) is 91.0 cm³/mol. The van der Waals surface area contributed by atoms with E-state index in [0.717, 1.165) is 5.56 Å². The Hall–Kier alpha value is -3.55. The van der Waals surface area contributed by atoms with E-state index < -0.39 is 28.4 Å². The second-order valence-corrected chi connectivity index (χ2v) is 5.86. The summed E-state index contributed by atoms with van der Waals surface area (Å²) in [7, 11) is 0. The SMILES string of the molecule is CC(=O)C1=C(O)C(=O)N(Cc2cccnc2)[C@H]1c1ccc([N+](=O)[O-])cc1. The molecule has 0 saturated heterocycles. The van der Waals surface area contributed by atoms with Gasteiger partial charge < -0.3 is 10.0 Å². The first-order valence-corrected chi connectivity index (χ1v) is 7.78. The van der Waals surface area contributed by atoms with Crippen LogP contribution in [0.5, 0.6) is 0 Å². The third-order valence-electron chi connectivity index (χ3n) is 4.18. The van der Waals surface area contributed by atoms with Crippen LogP contribution in [0.1, 0.15) is 24.1 Å². The number of benzene rings is 1. The van der Waals surface area contributed by atoms with Gasteiger partial charge in [0, 0.05) is 31.1 Å². The van der Waals surface area contributed by atoms with Gasteiger partial charge in [-0.3, -0.25) is 24.7 Å². The lowest BCUT2D eigenvalue weighted by atomic mass is 9.96. The zero-order valence-corrected chi connectivity index (χ0v) is 13.8. The molecule has 2 aromatic rings. The van der Waals surface area contributed by atoms with Gasteiger partial charge in [-0.2, -0.15) is 0 Å². The van der Waals surface area contributed by atoms with Crippen molar-refractivity contribution in [1.29, 1.82) is 0 Å². The number of rotatable bonds is 5. The zero-order valence-electron chi connectivity index (χ0n) is 13.8. The predicted octanol–water partition coefficient (Wildman–Crippen LogP) is 2.47. The number of aliphatic hydroxyl groups excluding tert-OH is 1. The number of nitrogens with zero attached hydrogens (tertiary/aromatic N) is 3. The van der Waals surface area contributed by atoms with E-state index in [9.17, 15) is 24.8 Å². The quantitative estimate of drug-likeness (QED) is 0.652. The molecule has 3 rings (SSSR count). The summed E-state index contributed by atoms with van der Waals surface area (Å²) in [6.07, 6.45) is 3.18. The van der Waals surface area contributed by atoms with Gasteiger partial charge in [0.05, 0.1) is 16.5 Å². The van der Waals surface area contributed by atoms with Crippen LogP contribution < -0.4 is 0 Å². The molecular formula is C18H15N3O5. The number of Topliss-reactive ketones (excluding diaryl/α,β-unsaturated/α-hetero) is 1. The lowest BCUT2D eigenvalue weighted by molar-refractivity contribution is -0.384. The Labute approximate surface area is 148 Å². The average Bonchev–Trinajstić information content (AvgIpc) is 2.87. The van der Waals surface area contributed by atoms with Crippen molar-refractivity contribution in [3.8, 4) is 0 Å². The highest BCUT2D eigenvalue weighted by molar-refractivity contribution is 6.08. The zero-order chi connectivity index (χ0) is 18.8. The van der Waals surface area contributed by atoms with Crippen LogP contribution in [0.2, 0.25) is 0 Å². The number of nitro benzene ring substituents is 1. The second-order valence-electron chi connectivity index (χ2n) is 5.86. The fourth-order valence-corrected chi connectivity index (χ4v) is 2.99. The Kier molecular flexibility index (Phi) is 4.49. The molecule has 0 spiro atoms. The largest absolute Gasteiger partial charge is 0.503 e. The molecule has 1 N–H and O–H groups in total. The van der Waals surface area contributed by atoms with Crippen LogP contribution in [-0.4, -0.2) is 31.6 Å². The van der Waals surface area contributed by atoms with Gasteiger partial charge in [-0.05, 0) is 36.2 Å². The maximum absolute atomic E-state index is 12.5. The molecule has 1 aliphatic heterocycles. The average molecular weight is 353 g/mol. The minimum absolute atomic E-state index is 0.0206. The van der Waals surface area contributed by atoms with Crippen LogP contribution in [0.3, 0.4) is 0 Å². The normalized spacial score (nSPS) is 16.9. The molecule has 0 aliphatic carbocycles. The minimum atomic E-state index is -0.819. The molecule has 1 aromatic carbocycles. The summed E-state index contributed by atoms with van der Waals surface area (Å²) in [6.45, 7) is 1.40. The highest BCUT2D eigenvalue weighted by Crippen LogP contribution is 2.39.